The Labute approximate surface area is 191 Å². The van der Waals surface area contributed by atoms with Gasteiger partial charge in [-0.15, -0.1) is 0 Å². The zero-order valence-corrected chi connectivity index (χ0v) is 18.6. The molecule has 0 bridgehead atoms. The molecule has 1 amide bonds. The van der Waals surface area contributed by atoms with Crippen molar-refractivity contribution in [1.29, 1.82) is 0 Å². The first-order valence-electron chi connectivity index (χ1n) is 10.9. The van der Waals surface area contributed by atoms with Crippen molar-refractivity contribution in [2.75, 3.05) is 0 Å². The van der Waals surface area contributed by atoms with E-state index in [1.165, 1.54) is 6.39 Å². The maximum Gasteiger partial charge on any atom is 0.408 e. The van der Waals surface area contributed by atoms with Crippen LogP contribution in [0.5, 0.6) is 0 Å². The third-order valence-electron chi connectivity index (χ3n) is 5.61. The number of benzene rings is 2. The first kappa shape index (κ1) is 22.3. The Morgan fingerprint density at radius 2 is 2.03 bits per heavy atom. The molecule has 2 atom stereocenters. The number of aromatic nitrogens is 3. The zero-order chi connectivity index (χ0) is 23.2. The van der Waals surface area contributed by atoms with Gasteiger partial charge in [0.15, 0.2) is 12.2 Å². The number of nitrogens with one attached hydrogen (secondary N) is 2. The zero-order valence-electron chi connectivity index (χ0n) is 18.6. The van der Waals surface area contributed by atoms with Gasteiger partial charge in [-0.05, 0) is 36.1 Å². The van der Waals surface area contributed by atoms with Gasteiger partial charge in [-0.3, -0.25) is 4.79 Å². The van der Waals surface area contributed by atoms with Crippen LogP contribution in [-0.2, 0) is 11.3 Å². The number of carbonyl (C=O) groups excluding carboxylic acids is 1. The van der Waals surface area contributed by atoms with Crippen molar-refractivity contribution in [2.24, 2.45) is 5.92 Å². The SMILES string of the molecule is CCC(C)CC(NC(=O)OCc1ccccc1)c1nc2ccc(-c3cnco3)cc2c(=O)[nH]1. The predicted molar refractivity (Wildman–Crippen MR) is 124 cm³/mol. The standard InChI is InChI=1S/C25H26N4O4/c1-3-16(2)11-21(28-25(31)32-14-17-7-5-4-6-8-17)23-27-20-10-9-18(22-13-26-15-33-22)12-19(20)24(30)29-23/h4-10,12-13,15-16,21H,3,11,14H2,1-2H3,(H,28,31)(H,27,29,30). The van der Waals surface area contributed by atoms with E-state index in [4.69, 9.17) is 9.15 Å². The maximum absolute atomic E-state index is 12.9. The molecule has 0 aliphatic heterocycles. The van der Waals surface area contributed by atoms with Crippen molar-refractivity contribution >= 4 is 17.0 Å². The average molecular weight is 447 g/mol. The van der Waals surface area contributed by atoms with Gasteiger partial charge in [-0.25, -0.2) is 14.8 Å². The summed E-state index contributed by atoms with van der Waals surface area (Å²) >= 11 is 0. The van der Waals surface area contributed by atoms with Crippen LogP contribution < -0.4 is 10.9 Å². The minimum Gasteiger partial charge on any atom is -0.445 e. The molecular weight excluding hydrogens is 420 g/mol. The Bertz CT molecular complexity index is 1270. The number of ether oxygens (including phenoxy) is 1. The Kier molecular flexibility index (Phi) is 6.83. The largest absolute Gasteiger partial charge is 0.445 e. The van der Waals surface area contributed by atoms with E-state index >= 15 is 0 Å². The molecule has 170 valence electrons. The number of hydrogen-bond donors (Lipinski definition) is 2. The van der Waals surface area contributed by atoms with Gasteiger partial charge in [0, 0.05) is 5.56 Å². The third kappa shape index (κ3) is 5.46. The molecule has 0 radical (unpaired) electrons. The fourth-order valence-corrected chi connectivity index (χ4v) is 3.55. The Hall–Kier alpha value is -3.94. The molecular formula is C25H26N4O4. The number of H-pyrrole nitrogens is 1. The quantitative estimate of drug-likeness (QED) is 0.395. The molecule has 0 aliphatic carbocycles. The summed E-state index contributed by atoms with van der Waals surface area (Å²) < 4.78 is 10.7. The lowest BCUT2D eigenvalue weighted by molar-refractivity contribution is 0.133. The highest BCUT2D eigenvalue weighted by molar-refractivity contribution is 5.82. The fourth-order valence-electron chi connectivity index (χ4n) is 3.55. The second-order valence-corrected chi connectivity index (χ2v) is 8.06. The van der Waals surface area contributed by atoms with Crippen LogP contribution in [0, 0.1) is 5.92 Å². The molecule has 4 aromatic rings. The van der Waals surface area contributed by atoms with Crippen molar-refractivity contribution in [3.05, 3.63) is 82.9 Å². The number of carbonyl (C=O) groups is 1. The first-order chi connectivity index (χ1) is 16.0. The van der Waals surface area contributed by atoms with E-state index in [9.17, 15) is 9.59 Å². The molecule has 0 aliphatic rings. The van der Waals surface area contributed by atoms with Crippen LogP contribution in [-0.4, -0.2) is 21.0 Å². The highest BCUT2D eigenvalue weighted by Crippen LogP contribution is 2.24. The van der Waals surface area contributed by atoms with Crippen molar-refractivity contribution in [3.63, 3.8) is 0 Å². The molecule has 2 aromatic heterocycles. The second kappa shape index (κ2) is 10.1. The van der Waals surface area contributed by atoms with Crippen LogP contribution in [0.3, 0.4) is 0 Å². The van der Waals surface area contributed by atoms with E-state index in [1.807, 2.05) is 36.4 Å². The topological polar surface area (TPSA) is 110 Å². The monoisotopic (exact) mass is 446 g/mol. The normalized spacial score (nSPS) is 12.9. The van der Waals surface area contributed by atoms with Crippen LogP contribution in [0.2, 0.25) is 0 Å². The number of nitrogens with zero attached hydrogens (tertiary/aromatic N) is 2. The number of amides is 1. The summed E-state index contributed by atoms with van der Waals surface area (Å²) in [4.78, 5) is 36.8. The lowest BCUT2D eigenvalue weighted by Crippen LogP contribution is -2.32. The molecule has 2 unspecified atom stereocenters. The summed E-state index contributed by atoms with van der Waals surface area (Å²) in [5.41, 5.74) is 1.88. The molecule has 2 heterocycles. The van der Waals surface area contributed by atoms with Gasteiger partial charge in [0.1, 0.15) is 12.4 Å². The summed E-state index contributed by atoms with van der Waals surface area (Å²) in [7, 11) is 0. The van der Waals surface area contributed by atoms with Gasteiger partial charge < -0.3 is 19.5 Å². The van der Waals surface area contributed by atoms with Crippen molar-refractivity contribution in [2.45, 2.75) is 39.3 Å². The summed E-state index contributed by atoms with van der Waals surface area (Å²) in [5.74, 6) is 1.27. The third-order valence-corrected chi connectivity index (χ3v) is 5.61. The second-order valence-electron chi connectivity index (χ2n) is 8.06. The minimum absolute atomic E-state index is 0.162. The maximum atomic E-state index is 12.9. The molecule has 0 saturated heterocycles. The summed E-state index contributed by atoms with van der Waals surface area (Å²) in [6, 6.07) is 14.3. The average Bonchev–Trinajstić information content (AvgIpc) is 3.38. The van der Waals surface area contributed by atoms with E-state index < -0.39 is 12.1 Å². The highest BCUT2D eigenvalue weighted by atomic mass is 16.5. The van der Waals surface area contributed by atoms with Crippen molar-refractivity contribution in [1.82, 2.24) is 20.3 Å². The molecule has 0 spiro atoms. The van der Waals surface area contributed by atoms with E-state index in [0.29, 0.717) is 34.8 Å². The van der Waals surface area contributed by atoms with E-state index in [-0.39, 0.29) is 12.2 Å². The van der Waals surface area contributed by atoms with Gasteiger partial charge >= 0.3 is 6.09 Å². The Morgan fingerprint density at radius 3 is 2.76 bits per heavy atom. The summed E-state index contributed by atoms with van der Waals surface area (Å²) in [6.07, 6.45) is 3.91. The fraction of sp³-hybridized carbons (Fsp3) is 0.280. The minimum atomic E-state index is -0.560. The number of fused-ring (bicyclic) bond motifs is 1. The molecule has 0 saturated carbocycles. The van der Waals surface area contributed by atoms with Crippen molar-refractivity contribution in [3.8, 4) is 11.3 Å². The van der Waals surface area contributed by atoms with Gasteiger partial charge in [-0.1, -0.05) is 50.6 Å². The van der Waals surface area contributed by atoms with Gasteiger partial charge in [0.2, 0.25) is 0 Å². The predicted octanol–water partition coefficient (Wildman–Crippen LogP) is 4.98. The number of oxazole rings is 1. The van der Waals surface area contributed by atoms with Gasteiger partial charge in [0.25, 0.3) is 5.56 Å². The Morgan fingerprint density at radius 1 is 1.21 bits per heavy atom. The highest BCUT2D eigenvalue weighted by Gasteiger charge is 2.21. The molecule has 33 heavy (non-hydrogen) atoms. The van der Waals surface area contributed by atoms with Crippen LogP contribution in [0.1, 0.15) is 44.1 Å². The van der Waals surface area contributed by atoms with Gasteiger partial charge in [-0.2, -0.15) is 0 Å². The van der Waals surface area contributed by atoms with Gasteiger partial charge in [0.05, 0.1) is 23.1 Å². The van der Waals surface area contributed by atoms with E-state index in [0.717, 1.165) is 17.5 Å². The molecule has 2 aromatic carbocycles. The summed E-state index contributed by atoms with van der Waals surface area (Å²) in [6.45, 7) is 4.33. The molecule has 8 heteroatoms. The van der Waals surface area contributed by atoms with Crippen LogP contribution >= 0.6 is 0 Å². The van der Waals surface area contributed by atoms with Crippen molar-refractivity contribution < 1.29 is 13.9 Å². The smallest absolute Gasteiger partial charge is 0.408 e. The summed E-state index contributed by atoms with van der Waals surface area (Å²) in [5, 5.41) is 3.31. The Balaban J connectivity index is 1.58. The molecule has 0 fully saturated rings. The first-order valence-corrected chi connectivity index (χ1v) is 10.9. The number of aromatic amines is 1. The molecule has 8 nitrogen and oxygen atoms in total. The van der Waals surface area contributed by atoms with Crippen LogP contribution in [0.25, 0.3) is 22.2 Å². The lowest BCUT2D eigenvalue weighted by Gasteiger charge is -2.21. The number of rotatable bonds is 8. The van der Waals surface area contributed by atoms with Crippen LogP contribution in [0.15, 0.2) is 70.3 Å². The number of hydrogen-bond acceptors (Lipinski definition) is 6. The van der Waals surface area contributed by atoms with E-state index in [2.05, 4.69) is 34.1 Å². The number of alkyl carbamates (subject to hydrolysis) is 1. The van der Waals surface area contributed by atoms with Crippen LogP contribution in [0.4, 0.5) is 4.79 Å². The lowest BCUT2D eigenvalue weighted by atomic mass is 9.98. The molecule has 4 rings (SSSR count). The molecule has 2 N–H and O–H groups in total. The van der Waals surface area contributed by atoms with E-state index in [1.54, 1.807) is 18.3 Å².